The summed E-state index contributed by atoms with van der Waals surface area (Å²) in [5.74, 6) is -3.06. The summed E-state index contributed by atoms with van der Waals surface area (Å²) in [6, 6.07) is 14.7. The first-order valence-electron chi connectivity index (χ1n) is 15.0. The number of rotatable bonds is 19. The molecule has 0 aliphatic heterocycles. The number of esters is 2. The molecule has 0 saturated carbocycles. The third-order valence-electron chi connectivity index (χ3n) is 6.32. The van der Waals surface area contributed by atoms with Crippen LogP contribution in [0, 0.1) is 5.92 Å². The maximum absolute atomic E-state index is 13.3. The topological polar surface area (TPSA) is 187 Å². The Balaban J connectivity index is 2.00. The van der Waals surface area contributed by atoms with Crippen LogP contribution in [0.4, 0.5) is 9.59 Å². The second kappa shape index (κ2) is 22.2. The van der Waals surface area contributed by atoms with E-state index >= 15 is 0 Å². The molecule has 0 heterocycles. The molecule has 3 atom stereocenters. The van der Waals surface area contributed by atoms with Crippen molar-refractivity contribution >= 4 is 57.5 Å². The molecule has 2 aromatic carbocycles. The van der Waals surface area contributed by atoms with E-state index in [1.807, 2.05) is 12.1 Å². The normalized spacial score (nSPS) is 12.4. The fourth-order valence-electron chi connectivity index (χ4n) is 3.82. The molecule has 4 N–H and O–H groups in total. The van der Waals surface area contributed by atoms with E-state index < -0.39 is 60.6 Å². The van der Waals surface area contributed by atoms with Crippen molar-refractivity contribution in [1.29, 1.82) is 0 Å². The van der Waals surface area contributed by atoms with Gasteiger partial charge in [-0.3, -0.25) is 14.4 Å². The van der Waals surface area contributed by atoms with Crippen molar-refractivity contribution in [2.24, 2.45) is 5.92 Å². The number of ether oxygens (including phenoxy) is 4. The van der Waals surface area contributed by atoms with Gasteiger partial charge in [0.05, 0.1) is 13.7 Å². The average molecular weight is 707 g/mol. The van der Waals surface area contributed by atoms with Gasteiger partial charge in [0.2, 0.25) is 11.8 Å². The van der Waals surface area contributed by atoms with Crippen LogP contribution in [0.1, 0.15) is 31.9 Å². The van der Waals surface area contributed by atoms with E-state index in [-0.39, 0.29) is 37.2 Å². The number of nitrogens with one attached hydrogen (secondary N) is 4. The van der Waals surface area contributed by atoms with Crippen LogP contribution in [0.5, 0.6) is 0 Å². The second-order valence-corrected chi connectivity index (χ2v) is 12.9. The number of alkyl carbamates (subject to hydrolysis) is 2. The largest absolute Gasteiger partial charge is 0.467 e. The van der Waals surface area contributed by atoms with Gasteiger partial charge in [0, 0.05) is 11.5 Å². The lowest BCUT2D eigenvalue weighted by Gasteiger charge is -2.25. The van der Waals surface area contributed by atoms with Crippen LogP contribution in [-0.4, -0.2) is 85.8 Å². The Morgan fingerprint density at radius 2 is 1.21 bits per heavy atom. The summed E-state index contributed by atoms with van der Waals surface area (Å²) in [5.41, 5.74) is 1.53. The van der Waals surface area contributed by atoms with E-state index in [0.29, 0.717) is 0 Å². The van der Waals surface area contributed by atoms with Crippen molar-refractivity contribution in [1.82, 2.24) is 21.3 Å². The SMILES string of the molecule is CCOC(=O)CNC(=O)[C@@H](CSSC[C@@H](NC(=O)OCc1ccccc1)C(=O)OC)NC(=O)[C@H](NC(=O)OCc1ccccc1)C(C)C. The summed E-state index contributed by atoms with van der Waals surface area (Å²) in [7, 11) is 3.43. The summed E-state index contributed by atoms with van der Waals surface area (Å²) >= 11 is 0. The van der Waals surface area contributed by atoms with Crippen molar-refractivity contribution in [3.63, 3.8) is 0 Å². The molecule has 0 radical (unpaired) electrons. The molecule has 0 unspecified atom stereocenters. The van der Waals surface area contributed by atoms with Crippen molar-refractivity contribution in [3.8, 4) is 0 Å². The Bertz CT molecular complexity index is 1330. The van der Waals surface area contributed by atoms with Crippen LogP contribution >= 0.6 is 21.6 Å². The standard InChI is InChI=1S/C32H42N4O10S2/c1-5-44-26(37)16-33-28(38)24(34-29(39)27(21(2)3)36-32(42)46-18-23-14-10-7-11-15-23)19-47-48-20-25(30(40)43-4)35-31(41)45-17-22-12-8-6-9-13-22/h6-15,21,24-25,27H,5,16-20H2,1-4H3,(H,33,38)(H,34,39)(H,35,41)(H,36,42)/t24-,25-,27-/m1/s1. The summed E-state index contributed by atoms with van der Waals surface area (Å²) < 4.78 is 20.1. The van der Waals surface area contributed by atoms with Crippen LogP contribution in [0.2, 0.25) is 0 Å². The Kier molecular flexibility index (Phi) is 18.4. The number of carbonyl (C=O) groups is 6. The molecule has 0 fully saturated rings. The third kappa shape index (κ3) is 15.4. The predicted molar refractivity (Wildman–Crippen MR) is 180 cm³/mol. The zero-order valence-electron chi connectivity index (χ0n) is 27.2. The Morgan fingerprint density at radius 1 is 0.688 bits per heavy atom. The van der Waals surface area contributed by atoms with E-state index in [2.05, 4.69) is 21.3 Å². The van der Waals surface area contributed by atoms with E-state index in [9.17, 15) is 28.8 Å². The highest BCUT2D eigenvalue weighted by Gasteiger charge is 2.30. The molecule has 0 aliphatic rings. The highest BCUT2D eigenvalue weighted by Crippen LogP contribution is 2.24. The van der Waals surface area contributed by atoms with Gasteiger partial charge in [-0.05, 0) is 24.0 Å². The minimum absolute atomic E-state index is 0.00171. The Morgan fingerprint density at radius 3 is 1.71 bits per heavy atom. The van der Waals surface area contributed by atoms with Gasteiger partial charge in [-0.1, -0.05) is 96.1 Å². The summed E-state index contributed by atoms with van der Waals surface area (Å²) in [4.78, 5) is 75.4. The quantitative estimate of drug-likeness (QED) is 0.0725. The zero-order chi connectivity index (χ0) is 35.3. The molecular formula is C32H42N4O10S2. The van der Waals surface area contributed by atoms with Crippen LogP contribution in [0.25, 0.3) is 0 Å². The predicted octanol–water partition coefficient (Wildman–Crippen LogP) is 2.95. The Hall–Kier alpha value is -4.44. The molecule has 262 valence electrons. The molecule has 2 aromatic rings. The number of hydrogen-bond acceptors (Lipinski definition) is 12. The second-order valence-electron chi connectivity index (χ2n) is 10.4. The lowest BCUT2D eigenvalue weighted by Crippen LogP contribution is -2.56. The van der Waals surface area contributed by atoms with E-state index in [4.69, 9.17) is 18.9 Å². The monoisotopic (exact) mass is 706 g/mol. The number of amides is 4. The van der Waals surface area contributed by atoms with Gasteiger partial charge in [0.1, 0.15) is 37.9 Å². The first-order chi connectivity index (χ1) is 23.0. The van der Waals surface area contributed by atoms with Crippen molar-refractivity contribution in [2.75, 3.05) is 31.8 Å². The van der Waals surface area contributed by atoms with Gasteiger partial charge in [-0.2, -0.15) is 0 Å². The fourth-order valence-corrected chi connectivity index (χ4v) is 6.13. The molecule has 0 aromatic heterocycles. The van der Waals surface area contributed by atoms with Gasteiger partial charge in [-0.25, -0.2) is 14.4 Å². The molecule has 0 saturated heterocycles. The van der Waals surface area contributed by atoms with Crippen LogP contribution in [0.15, 0.2) is 60.7 Å². The van der Waals surface area contributed by atoms with Crippen LogP contribution < -0.4 is 21.3 Å². The molecule has 2 rings (SSSR count). The van der Waals surface area contributed by atoms with Crippen molar-refractivity contribution in [2.45, 2.75) is 52.1 Å². The molecule has 48 heavy (non-hydrogen) atoms. The highest BCUT2D eigenvalue weighted by atomic mass is 33.1. The number of benzene rings is 2. The van der Waals surface area contributed by atoms with Gasteiger partial charge in [-0.15, -0.1) is 0 Å². The number of methoxy groups -OCH3 is 1. The smallest absolute Gasteiger partial charge is 0.408 e. The summed E-state index contributed by atoms with van der Waals surface area (Å²) in [5, 5.41) is 10.1. The minimum atomic E-state index is -1.16. The lowest BCUT2D eigenvalue weighted by atomic mass is 10.0. The highest BCUT2D eigenvalue weighted by molar-refractivity contribution is 8.76. The maximum Gasteiger partial charge on any atom is 0.408 e. The molecule has 0 spiro atoms. The summed E-state index contributed by atoms with van der Waals surface area (Å²) in [6.07, 6.45) is -1.64. The number of hydrogen-bond donors (Lipinski definition) is 4. The maximum atomic E-state index is 13.3. The van der Waals surface area contributed by atoms with Gasteiger partial charge >= 0.3 is 24.1 Å². The van der Waals surface area contributed by atoms with Crippen LogP contribution in [-0.2, 0) is 51.3 Å². The lowest BCUT2D eigenvalue weighted by molar-refractivity contribution is -0.143. The van der Waals surface area contributed by atoms with E-state index in [1.165, 1.54) is 7.11 Å². The molecule has 16 heteroatoms. The molecular weight excluding hydrogens is 665 g/mol. The zero-order valence-corrected chi connectivity index (χ0v) is 28.9. The van der Waals surface area contributed by atoms with Gasteiger partial charge in [0.25, 0.3) is 0 Å². The molecule has 0 bridgehead atoms. The first kappa shape index (κ1) is 39.7. The van der Waals surface area contributed by atoms with Crippen molar-refractivity contribution in [3.05, 3.63) is 71.8 Å². The minimum Gasteiger partial charge on any atom is -0.467 e. The van der Waals surface area contributed by atoms with Crippen LogP contribution in [0.3, 0.4) is 0 Å². The van der Waals surface area contributed by atoms with E-state index in [0.717, 1.165) is 32.7 Å². The van der Waals surface area contributed by atoms with Gasteiger partial charge in [0.15, 0.2) is 0 Å². The Labute approximate surface area is 287 Å². The van der Waals surface area contributed by atoms with Gasteiger partial charge < -0.3 is 40.2 Å². The fraction of sp³-hybridized carbons (Fsp3) is 0.438. The third-order valence-corrected chi connectivity index (χ3v) is 8.75. The van der Waals surface area contributed by atoms with Crippen molar-refractivity contribution < 1.29 is 47.7 Å². The summed E-state index contributed by atoms with van der Waals surface area (Å²) in [6.45, 7) is 4.76. The first-order valence-corrected chi connectivity index (χ1v) is 17.5. The molecule has 0 aliphatic carbocycles. The number of carbonyl (C=O) groups excluding carboxylic acids is 6. The average Bonchev–Trinajstić information content (AvgIpc) is 3.08. The van der Waals surface area contributed by atoms with E-state index in [1.54, 1.807) is 69.3 Å². The molecule has 4 amide bonds. The molecule has 14 nitrogen and oxygen atoms in total.